The summed E-state index contributed by atoms with van der Waals surface area (Å²) in [6, 6.07) is 5.32. The Labute approximate surface area is 251 Å². The van der Waals surface area contributed by atoms with Crippen LogP contribution in [0.1, 0.15) is 98.0 Å². The second kappa shape index (κ2) is 9.99. The van der Waals surface area contributed by atoms with E-state index in [1.807, 2.05) is 6.07 Å². The lowest BCUT2D eigenvalue weighted by Gasteiger charge is -2.61. The fraction of sp³-hybridized carbons (Fsp3) is 0.750. The minimum Gasteiger partial charge on any atom is -0.508 e. The number of aromatic hydroxyl groups is 1. The highest BCUT2D eigenvalue weighted by atomic mass is 16.7. The minimum absolute atomic E-state index is 0.0949. The highest BCUT2D eigenvalue weighted by Crippen LogP contribution is 2.71. The number of fused-ring (bicyclic) bond motifs is 8. The van der Waals surface area contributed by atoms with E-state index in [0.29, 0.717) is 29.6 Å². The molecule has 5 fully saturated rings. The monoisotopic (exact) mass is 578 g/mol. The van der Waals surface area contributed by atoms with Gasteiger partial charge in [-0.15, -0.1) is 0 Å². The Kier molecular flexibility index (Phi) is 6.82. The zero-order chi connectivity index (χ0) is 29.6. The quantitative estimate of drug-likeness (QED) is 0.370. The van der Waals surface area contributed by atoms with Crippen molar-refractivity contribution in [1.29, 1.82) is 0 Å². The van der Waals surface area contributed by atoms with Gasteiger partial charge in [0.1, 0.15) is 17.6 Å². The normalized spacial score (nSPS) is 45.9. The van der Waals surface area contributed by atoms with Crippen molar-refractivity contribution in [2.24, 2.45) is 52.3 Å². The Morgan fingerprint density at radius 2 is 1.88 bits per heavy atom. The number of rotatable bonds is 4. The predicted octanol–water partition coefficient (Wildman–Crippen LogP) is 7.12. The number of esters is 1. The standard InChI is InChI=1S/C36H50O6/c1-20(19-37)14-25-15-23-16-26(39)7-9-31(23)41-36(25)21(2)33-32(42-36)18-30-28-8-6-24-17-27(40-22(3)38)10-12-34(24,4)29(28)11-13-35(30,33)5/h7,9,15-16,20-21,24,27-30,32-33,37,39H,6,8,10-14,17-19H2,1-5H3/t20-,21+,24-,27+,28-,29+,30+,32+,33+,34+,35+,36+/m1/s1. The van der Waals surface area contributed by atoms with E-state index in [2.05, 4.69) is 33.8 Å². The van der Waals surface area contributed by atoms with Crippen molar-refractivity contribution in [2.75, 3.05) is 6.61 Å². The molecule has 1 aromatic rings. The number of aliphatic hydroxyl groups excluding tert-OH is 1. The highest BCUT2D eigenvalue weighted by molar-refractivity contribution is 5.66. The summed E-state index contributed by atoms with van der Waals surface area (Å²) in [4.78, 5) is 11.7. The number of aliphatic hydroxyl groups is 1. The second-order valence-corrected chi connectivity index (χ2v) is 15.6. The molecule has 1 aromatic carbocycles. The summed E-state index contributed by atoms with van der Waals surface area (Å²) in [5.41, 5.74) is 2.52. The molecule has 6 heteroatoms. The maximum Gasteiger partial charge on any atom is 0.302 e. The maximum absolute atomic E-state index is 11.7. The summed E-state index contributed by atoms with van der Waals surface area (Å²) in [5, 5.41) is 20.1. The van der Waals surface area contributed by atoms with Crippen molar-refractivity contribution in [3.05, 3.63) is 29.3 Å². The first-order chi connectivity index (χ1) is 20.0. The number of hydrogen-bond donors (Lipinski definition) is 2. The average Bonchev–Trinajstić information content (AvgIpc) is 3.39. The molecule has 12 atom stereocenters. The molecule has 0 bridgehead atoms. The van der Waals surface area contributed by atoms with Crippen LogP contribution in [0.25, 0.3) is 6.08 Å². The van der Waals surface area contributed by atoms with Crippen LogP contribution in [-0.4, -0.2) is 40.8 Å². The SMILES string of the molecule is CC(=O)O[C@H]1CC[C@@]2(C)[C@H](CC[C@@H]3[C@@H]2CC[C@]2(C)[C@@H]4[C@H](C[C@@H]32)O[C@@]2(Oc3ccc(O)cc3C=C2C[C@@H](C)CO)[C@H]4C)C1. The van der Waals surface area contributed by atoms with Crippen LogP contribution in [-0.2, 0) is 14.3 Å². The molecule has 1 saturated heterocycles. The summed E-state index contributed by atoms with van der Waals surface area (Å²) in [5.74, 6) is 3.50. The van der Waals surface area contributed by atoms with E-state index in [1.54, 1.807) is 19.1 Å². The molecule has 42 heavy (non-hydrogen) atoms. The summed E-state index contributed by atoms with van der Waals surface area (Å²) in [6.45, 7) is 11.2. The number of ether oxygens (including phenoxy) is 3. The fourth-order valence-electron chi connectivity index (χ4n) is 11.6. The number of phenolic OH excluding ortho intramolecular Hbond substituents is 1. The van der Waals surface area contributed by atoms with Crippen molar-refractivity contribution < 1.29 is 29.2 Å². The molecule has 1 spiro atoms. The van der Waals surface area contributed by atoms with Gasteiger partial charge in [-0.3, -0.25) is 4.79 Å². The molecule has 4 aliphatic carbocycles. The summed E-state index contributed by atoms with van der Waals surface area (Å²) >= 11 is 0. The first-order valence-electron chi connectivity index (χ1n) is 16.7. The number of benzene rings is 1. The van der Waals surface area contributed by atoms with Gasteiger partial charge in [-0.25, -0.2) is 0 Å². The van der Waals surface area contributed by atoms with Crippen LogP contribution in [0.3, 0.4) is 0 Å². The van der Waals surface area contributed by atoms with Crippen LogP contribution in [0.5, 0.6) is 11.5 Å². The van der Waals surface area contributed by atoms with E-state index in [4.69, 9.17) is 14.2 Å². The third-order valence-corrected chi connectivity index (χ3v) is 13.4. The van der Waals surface area contributed by atoms with Crippen LogP contribution >= 0.6 is 0 Å². The average molecular weight is 579 g/mol. The van der Waals surface area contributed by atoms with Crippen molar-refractivity contribution in [3.63, 3.8) is 0 Å². The molecule has 2 heterocycles. The Bertz CT molecular complexity index is 1270. The van der Waals surface area contributed by atoms with Crippen LogP contribution in [0.15, 0.2) is 23.8 Å². The third-order valence-electron chi connectivity index (χ3n) is 13.4. The lowest BCUT2D eigenvalue weighted by molar-refractivity contribution is -0.178. The van der Waals surface area contributed by atoms with Crippen LogP contribution in [0.2, 0.25) is 0 Å². The zero-order valence-electron chi connectivity index (χ0n) is 26.1. The maximum atomic E-state index is 11.7. The van der Waals surface area contributed by atoms with Gasteiger partial charge in [0.25, 0.3) is 0 Å². The Morgan fingerprint density at radius 1 is 1.10 bits per heavy atom. The van der Waals surface area contributed by atoms with E-state index in [1.165, 1.54) is 32.1 Å². The van der Waals surface area contributed by atoms with Gasteiger partial charge < -0.3 is 24.4 Å². The van der Waals surface area contributed by atoms with E-state index in [0.717, 1.165) is 48.0 Å². The number of carbonyl (C=O) groups excluding carboxylic acids is 1. The highest BCUT2D eigenvalue weighted by Gasteiger charge is 2.70. The van der Waals surface area contributed by atoms with Crippen molar-refractivity contribution in [1.82, 2.24) is 0 Å². The molecule has 230 valence electrons. The van der Waals surface area contributed by atoms with E-state index in [9.17, 15) is 15.0 Å². The molecular formula is C36H50O6. The zero-order valence-corrected chi connectivity index (χ0v) is 26.1. The first-order valence-corrected chi connectivity index (χ1v) is 16.7. The van der Waals surface area contributed by atoms with Gasteiger partial charge in [0.15, 0.2) is 0 Å². The number of hydrogen-bond acceptors (Lipinski definition) is 6. The van der Waals surface area contributed by atoms with E-state index in [-0.39, 0.29) is 47.8 Å². The van der Waals surface area contributed by atoms with Gasteiger partial charge in [0.2, 0.25) is 5.79 Å². The van der Waals surface area contributed by atoms with Gasteiger partial charge in [-0.05, 0) is 122 Å². The van der Waals surface area contributed by atoms with Gasteiger partial charge in [-0.2, -0.15) is 0 Å². The molecule has 0 unspecified atom stereocenters. The summed E-state index contributed by atoms with van der Waals surface area (Å²) in [6.07, 6.45) is 12.5. The largest absolute Gasteiger partial charge is 0.508 e. The summed E-state index contributed by atoms with van der Waals surface area (Å²) in [7, 11) is 0. The first kappa shape index (κ1) is 28.7. The lowest BCUT2D eigenvalue weighted by atomic mass is 9.44. The van der Waals surface area contributed by atoms with Gasteiger partial charge in [-0.1, -0.05) is 27.7 Å². The Morgan fingerprint density at radius 3 is 2.64 bits per heavy atom. The van der Waals surface area contributed by atoms with Crippen LogP contribution in [0.4, 0.5) is 0 Å². The second-order valence-electron chi connectivity index (χ2n) is 15.6. The van der Waals surface area contributed by atoms with Crippen LogP contribution < -0.4 is 4.74 Å². The lowest BCUT2D eigenvalue weighted by Crippen LogP contribution is -2.55. The Balaban J connectivity index is 1.16. The molecule has 4 saturated carbocycles. The molecule has 2 aliphatic heterocycles. The number of phenols is 1. The Hall–Kier alpha value is -2.05. The van der Waals surface area contributed by atoms with Crippen molar-refractivity contribution in [3.8, 4) is 11.5 Å². The van der Waals surface area contributed by atoms with Gasteiger partial charge in [0.05, 0.1) is 6.10 Å². The van der Waals surface area contributed by atoms with Crippen molar-refractivity contribution >= 4 is 12.0 Å². The fourth-order valence-corrected chi connectivity index (χ4v) is 11.6. The van der Waals surface area contributed by atoms with Gasteiger partial charge >= 0.3 is 5.97 Å². The topological polar surface area (TPSA) is 85.2 Å². The molecule has 7 rings (SSSR count). The molecule has 0 amide bonds. The van der Waals surface area contributed by atoms with E-state index < -0.39 is 5.79 Å². The molecular weight excluding hydrogens is 528 g/mol. The summed E-state index contributed by atoms with van der Waals surface area (Å²) < 4.78 is 19.8. The number of carbonyl (C=O) groups is 1. The smallest absolute Gasteiger partial charge is 0.302 e. The minimum atomic E-state index is -0.827. The third kappa shape index (κ3) is 4.13. The molecule has 0 radical (unpaired) electrons. The van der Waals surface area contributed by atoms with Crippen molar-refractivity contribution in [2.45, 2.75) is 110 Å². The molecule has 2 N–H and O–H groups in total. The molecule has 6 nitrogen and oxygen atoms in total. The predicted molar refractivity (Wildman–Crippen MR) is 161 cm³/mol. The molecule has 6 aliphatic rings. The van der Waals surface area contributed by atoms with Crippen LogP contribution in [0, 0.1) is 52.3 Å². The molecule has 0 aromatic heterocycles. The van der Waals surface area contributed by atoms with E-state index >= 15 is 0 Å². The van der Waals surface area contributed by atoms with Gasteiger partial charge in [0, 0.05) is 36.5 Å².